The highest BCUT2D eigenvalue weighted by Gasteiger charge is 2.43. The first-order valence-corrected chi connectivity index (χ1v) is 4.97. The van der Waals surface area contributed by atoms with Gasteiger partial charge in [-0.05, 0) is 19.3 Å². The number of rotatable bonds is 1. The first-order valence-electron chi connectivity index (χ1n) is 4.97. The van der Waals surface area contributed by atoms with Gasteiger partial charge in [-0.1, -0.05) is 34.1 Å². The molecule has 0 bridgehead atoms. The minimum Gasteiger partial charge on any atom is -0.298 e. The maximum absolute atomic E-state index is 12.0. The Balaban J connectivity index is 2.87. The van der Waals surface area contributed by atoms with Crippen LogP contribution in [0.15, 0.2) is 0 Å². The molecule has 70 valence electrons. The van der Waals surface area contributed by atoms with E-state index in [1.54, 1.807) is 0 Å². The second-order valence-electron chi connectivity index (χ2n) is 4.98. The van der Waals surface area contributed by atoms with Gasteiger partial charge in [-0.25, -0.2) is 0 Å². The predicted octanol–water partition coefficient (Wildman–Crippen LogP) is 3.18. The van der Waals surface area contributed by atoms with E-state index >= 15 is 0 Å². The fourth-order valence-electron chi connectivity index (χ4n) is 2.30. The van der Waals surface area contributed by atoms with Crippen LogP contribution in [0.25, 0.3) is 0 Å². The molecular weight excluding hydrogens is 148 g/mol. The van der Waals surface area contributed by atoms with E-state index < -0.39 is 0 Å². The Morgan fingerprint density at radius 3 is 2.25 bits per heavy atom. The summed E-state index contributed by atoms with van der Waals surface area (Å²) in [4.78, 5) is 12.0. The summed E-state index contributed by atoms with van der Waals surface area (Å²) in [7, 11) is 0. The van der Waals surface area contributed by atoms with Crippen molar-refractivity contribution in [3.8, 4) is 0 Å². The van der Waals surface area contributed by atoms with Crippen LogP contribution in [0.4, 0.5) is 0 Å². The van der Waals surface area contributed by atoms with E-state index in [4.69, 9.17) is 0 Å². The fourth-order valence-corrected chi connectivity index (χ4v) is 2.30. The summed E-state index contributed by atoms with van der Waals surface area (Å²) < 4.78 is 0. The van der Waals surface area contributed by atoms with Crippen molar-refractivity contribution >= 4 is 5.78 Å². The second-order valence-corrected chi connectivity index (χ2v) is 4.98. The molecule has 0 saturated heterocycles. The van der Waals surface area contributed by atoms with E-state index in [0.29, 0.717) is 5.78 Å². The molecule has 0 aromatic rings. The van der Waals surface area contributed by atoms with Gasteiger partial charge in [0.05, 0.1) is 0 Å². The van der Waals surface area contributed by atoms with Crippen molar-refractivity contribution in [1.82, 2.24) is 0 Å². The van der Waals surface area contributed by atoms with Crippen LogP contribution < -0.4 is 0 Å². The zero-order valence-corrected chi connectivity index (χ0v) is 8.74. The summed E-state index contributed by atoms with van der Waals surface area (Å²) in [5, 5.41) is 0. The Kier molecular flexibility index (Phi) is 2.33. The highest BCUT2D eigenvalue weighted by atomic mass is 16.1. The van der Waals surface area contributed by atoms with E-state index in [-0.39, 0.29) is 10.8 Å². The summed E-state index contributed by atoms with van der Waals surface area (Å²) in [6.07, 6.45) is 4.37. The van der Waals surface area contributed by atoms with Gasteiger partial charge in [-0.3, -0.25) is 4.79 Å². The van der Waals surface area contributed by atoms with E-state index in [1.807, 2.05) is 0 Å². The molecular formula is C11H20O. The molecule has 1 fully saturated rings. The van der Waals surface area contributed by atoms with Crippen molar-refractivity contribution in [3.63, 3.8) is 0 Å². The number of hydrogen-bond donors (Lipinski definition) is 0. The molecule has 12 heavy (non-hydrogen) atoms. The molecule has 1 atom stereocenters. The van der Waals surface area contributed by atoms with Gasteiger partial charge >= 0.3 is 0 Å². The Morgan fingerprint density at radius 2 is 1.83 bits per heavy atom. The van der Waals surface area contributed by atoms with Gasteiger partial charge < -0.3 is 0 Å². The molecule has 1 aliphatic rings. The number of hydrogen-bond acceptors (Lipinski definition) is 1. The lowest BCUT2D eigenvalue weighted by atomic mass is 9.62. The Labute approximate surface area is 75.5 Å². The van der Waals surface area contributed by atoms with Gasteiger partial charge in [0.25, 0.3) is 0 Å². The molecule has 0 heterocycles. The Bertz CT molecular complexity index is 193. The molecule has 1 saturated carbocycles. The maximum Gasteiger partial charge on any atom is 0.144 e. The van der Waals surface area contributed by atoms with Crippen LogP contribution >= 0.6 is 0 Å². The molecule has 0 N–H and O–H groups in total. The van der Waals surface area contributed by atoms with Crippen LogP contribution in [0.5, 0.6) is 0 Å². The summed E-state index contributed by atoms with van der Waals surface area (Å²) in [6, 6.07) is 0. The topological polar surface area (TPSA) is 17.1 Å². The lowest BCUT2D eigenvalue weighted by Crippen LogP contribution is -2.42. The lowest BCUT2D eigenvalue weighted by molar-refractivity contribution is -0.141. The van der Waals surface area contributed by atoms with Gasteiger partial charge in [0.2, 0.25) is 0 Å². The molecule has 1 rings (SSSR count). The van der Waals surface area contributed by atoms with Crippen molar-refractivity contribution in [1.29, 1.82) is 0 Å². The molecule has 1 nitrogen and oxygen atoms in total. The fraction of sp³-hybridized carbons (Fsp3) is 0.909. The third kappa shape index (κ3) is 1.41. The molecule has 0 aliphatic heterocycles. The molecule has 0 amide bonds. The average molecular weight is 168 g/mol. The van der Waals surface area contributed by atoms with Gasteiger partial charge in [0.1, 0.15) is 5.78 Å². The molecule has 1 aliphatic carbocycles. The Morgan fingerprint density at radius 1 is 1.25 bits per heavy atom. The van der Waals surface area contributed by atoms with Crippen molar-refractivity contribution in [3.05, 3.63) is 0 Å². The van der Waals surface area contributed by atoms with Crippen LogP contribution in [-0.4, -0.2) is 5.78 Å². The van der Waals surface area contributed by atoms with Crippen molar-refractivity contribution in [2.24, 2.45) is 10.8 Å². The first kappa shape index (κ1) is 9.76. The van der Waals surface area contributed by atoms with Crippen LogP contribution in [-0.2, 0) is 4.79 Å². The SMILES string of the molecule is CCC1(C)CCCC(C)(C)C1=O. The summed E-state index contributed by atoms with van der Waals surface area (Å²) in [5.74, 6) is 0.476. The standard InChI is InChI=1S/C11H20O/c1-5-11(4)8-6-7-10(2,3)9(11)12/h5-8H2,1-4H3. The van der Waals surface area contributed by atoms with Crippen LogP contribution in [0, 0.1) is 10.8 Å². The van der Waals surface area contributed by atoms with E-state index in [9.17, 15) is 4.79 Å². The Hall–Kier alpha value is -0.330. The number of ketones is 1. The third-order valence-electron chi connectivity index (χ3n) is 3.47. The predicted molar refractivity (Wildman–Crippen MR) is 51.0 cm³/mol. The summed E-state index contributed by atoms with van der Waals surface area (Å²) in [5.41, 5.74) is -0.0925. The zero-order valence-electron chi connectivity index (χ0n) is 8.74. The summed E-state index contributed by atoms with van der Waals surface area (Å²) >= 11 is 0. The molecule has 0 radical (unpaired) electrons. The maximum atomic E-state index is 12.0. The van der Waals surface area contributed by atoms with Crippen LogP contribution in [0.1, 0.15) is 53.4 Å². The van der Waals surface area contributed by atoms with Crippen molar-refractivity contribution < 1.29 is 4.79 Å². The number of carbonyl (C=O) groups excluding carboxylic acids is 1. The average Bonchev–Trinajstić information content (AvgIpc) is 2.00. The van der Waals surface area contributed by atoms with Gasteiger partial charge in [0, 0.05) is 10.8 Å². The molecule has 0 aromatic heterocycles. The van der Waals surface area contributed by atoms with Crippen LogP contribution in [0.3, 0.4) is 0 Å². The smallest absolute Gasteiger partial charge is 0.144 e. The lowest BCUT2D eigenvalue weighted by Gasteiger charge is -2.40. The quantitative estimate of drug-likeness (QED) is 0.587. The van der Waals surface area contributed by atoms with Crippen molar-refractivity contribution in [2.75, 3.05) is 0 Å². The molecule has 1 heteroatoms. The highest BCUT2D eigenvalue weighted by molar-refractivity contribution is 5.90. The summed E-state index contributed by atoms with van der Waals surface area (Å²) in [6.45, 7) is 8.42. The van der Waals surface area contributed by atoms with Gasteiger partial charge in [-0.15, -0.1) is 0 Å². The van der Waals surface area contributed by atoms with E-state index in [2.05, 4.69) is 27.7 Å². The first-order chi connectivity index (χ1) is 5.42. The normalized spacial score (nSPS) is 35.2. The molecule has 0 aromatic carbocycles. The largest absolute Gasteiger partial charge is 0.298 e. The minimum absolute atomic E-state index is 0.0260. The monoisotopic (exact) mass is 168 g/mol. The third-order valence-corrected chi connectivity index (χ3v) is 3.47. The number of carbonyl (C=O) groups is 1. The van der Waals surface area contributed by atoms with Gasteiger partial charge in [-0.2, -0.15) is 0 Å². The number of Topliss-reactive ketones (excluding diaryl/α,β-unsaturated/α-hetero) is 1. The van der Waals surface area contributed by atoms with Gasteiger partial charge in [0.15, 0.2) is 0 Å². The molecule has 1 unspecified atom stereocenters. The second kappa shape index (κ2) is 2.86. The van der Waals surface area contributed by atoms with Crippen molar-refractivity contribution in [2.45, 2.75) is 53.4 Å². The zero-order chi connectivity index (χ0) is 9.41. The van der Waals surface area contributed by atoms with E-state index in [0.717, 1.165) is 19.3 Å². The minimum atomic E-state index is -0.0665. The van der Waals surface area contributed by atoms with E-state index in [1.165, 1.54) is 6.42 Å². The molecule has 0 spiro atoms. The highest BCUT2D eigenvalue weighted by Crippen LogP contribution is 2.44. The van der Waals surface area contributed by atoms with Crippen LogP contribution in [0.2, 0.25) is 0 Å².